The van der Waals surface area contributed by atoms with E-state index >= 15 is 0 Å². The second kappa shape index (κ2) is 11.7. The first-order valence-electron chi connectivity index (χ1n) is 9.57. The van der Waals surface area contributed by atoms with Gasteiger partial charge in [-0.15, -0.1) is 0 Å². The quantitative estimate of drug-likeness (QED) is 0.298. The summed E-state index contributed by atoms with van der Waals surface area (Å²) in [6, 6.07) is 7.77. The summed E-state index contributed by atoms with van der Waals surface area (Å²) in [6.07, 6.45) is 0.0868. The number of benzene rings is 1. The summed E-state index contributed by atoms with van der Waals surface area (Å²) in [5.41, 5.74) is 2.72. The van der Waals surface area contributed by atoms with Crippen LogP contribution in [0.15, 0.2) is 30.3 Å². The van der Waals surface area contributed by atoms with E-state index in [4.69, 9.17) is 4.74 Å². The summed E-state index contributed by atoms with van der Waals surface area (Å²) in [6.45, 7) is 2.44. The first kappa shape index (κ1) is 23.8. The van der Waals surface area contributed by atoms with Crippen molar-refractivity contribution < 1.29 is 33.9 Å². The minimum Gasteiger partial charge on any atom is -0.459 e. The third-order valence-corrected chi connectivity index (χ3v) is 6.09. The first-order chi connectivity index (χ1) is 14.3. The van der Waals surface area contributed by atoms with Gasteiger partial charge in [-0.2, -0.15) is 11.8 Å². The molecule has 1 amide bonds. The van der Waals surface area contributed by atoms with E-state index in [0.29, 0.717) is 24.2 Å². The number of carbonyl (C=O) groups excluding carboxylic acids is 4. The second-order valence-corrected chi connectivity index (χ2v) is 8.12. The zero-order chi connectivity index (χ0) is 22.1. The lowest BCUT2D eigenvalue weighted by Gasteiger charge is -2.29. The van der Waals surface area contributed by atoms with Crippen molar-refractivity contribution in [1.29, 1.82) is 0 Å². The molecule has 0 radical (unpaired) electrons. The molecule has 1 aliphatic rings. The van der Waals surface area contributed by atoms with Gasteiger partial charge < -0.3 is 20.0 Å². The molecule has 3 N–H and O–H groups in total. The predicted octanol–water partition coefficient (Wildman–Crippen LogP) is 1.44. The van der Waals surface area contributed by atoms with Gasteiger partial charge in [0.25, 0.3) is 5.91 Å². The van der Waals surface area contributed by atoms with Crippen LogP contribution < -0.4 is 10.8 Å². The summed E-state index contributed by atoms with van der Waals surface area (Å²) in [4.78, 5) is 46.5. The normalized spacial score (nSPS) is 21.5. The number of nitrogens with one attached hydrogen (secondary N) is 2. The fraction of sp³-hybridized carbons (Fsp3) is 0.500. The minimum atomic E-state index is -0.671. The monoisotopic (exact) mass is 438 g/mol. The van der Waals surface area contributed by atoms with Crippen LogP contribution in [0.5, 0.6) is 0 Å². The Morgan fingerprint density at radius 3 is 2.47 bits per heavy atom. The Kier molecular flexibility index (Phi) is 9.28. The Morgan fingerprint density at radius 1 is 1.17 bits per heavy atom. The highest BCUT2D eigenvalue weighted by molar-refractivity contribution is 8.00. The molecular weight excluding hydrogens is 412 g/mol. The number of ether oxygens (including phenoxy) is 2. The van der Waals surface area contributed by atoms with Gasteiger partial charge in [0.05, 0.1) is 11.3 Å². The van der Waals surface area contributed by atoms with Crippen LogP contribution in [0.4, 0.5) is 0 Å². The molecule has 2 rings (SSSR count). The van der Waals surface area contributed by atoms with Crippen molar-refractivity contribution in [2.24, 2.45) is 0 Å². The second-order valence-electron chi connectivity index (χ2n) is 6.91. The zero-order valence-corrected chi connectivity index (χ0v) is 17.6. The summed E-state index contributed by atoms with van der Waals surface area (Å²) in [5.74, 6) is -1.59. The number of hydrogen-bond donors (Lipinski definition) is 3. The third-order valence-electron chi connectivity index (χ3n) is 4.56. The van der Waals surface area contributed by atoms with Gasteiger partial charge in [-0.1, -0.05) is 18.2 Å². The summed E-state index contributed by atoms with van der Waals surface area (Å²) in [5, 5.41) is 12.2. The van der Waals surface area contributed by atoms with Crippen LogP contribution in [0.2, 0.25) is 0 Å². The fourth-order valence-corrected chi connectivity index (χ4v) is 4.83. The largest absolute Gasteiger partial charge is 0.459 e. The van der Waals surface area contributed by atoms with Crippen LogP contribution in [0, 0.1) is 0 Å². The Balaban J connectivity index is 2.00. The van der Waals surface area contributed by atoms with E-state index in [2.05, 4.69) is 15.5 Å². The van der Waals surface area contributed by atoms with Crippen LogP contribution in [-0.2, 0) is 23.9 Å². The number of thioether (sulfide) groups is 1. The molecule has 164 valence electrons. The molecule has 10 heteroatoms. The Labute approximate surface area is 178 Å². The van der Waals surface area contributed by atoms with Gasteiger partial charge in [0, 0.05) is 37.6 Å². The van der Waals surface area contributed by atoms with Crippen molar-refractivity contribution in [3.8, 4) is 0 Å². The molecule has 1 aromatic carbocycles. The topological polar surface area (TPSA) is 131 Å². The molecule has 4 atom stereocenters. The highest BCUT2D eigenvalue weighted by atomic mass is 32.2. The number of esters is 3. The van der Waals surface area contributed by atoms with E-state index in [1.54, 1.807) is 24.3 Å². The maximum Gasteiger partial charge on any atom is 0.313 e. The van der Waals surface area contributed by atoms with Gasteiger partial charge in [-0.3, -0.25) is 19.2 Å². The van der Waals surface area contributed by atoms with Crippen molar-refractivity contribution in [3.63, 3.8) is 0 Å². The van der Waals surface area contributed by atoms with E-state index in [9.17, 15) is 24.4 Å². The van der Waals surface area contributed by atoms with Crippen molar-refractivity contribution in [2.75, 3.05) is 5.75 Å². The number of hydrogen-bond acceptors (Lipinski definition) is 9. The molecule has 0 bridgehead atoms. The minimum absolute atomic E-state index is 0.0154. The van der Waals surface area contributed by atoms with Crippen LogP contribution >= 0.6 is 11.8 Å². The molecule has 0 saturated carbocycles. The number of hydroxylamine groups is 1. The molecule has 0 unspecified atom stereocenters. The van der Waals surface area contributed by atoms with Crippen molar-refractivity contribution in [3.05, 3.63) is 35.9 Å². The van der Waals surface area contributed by atoms with E-state index in [1.165, 1.54) is 18.7 Å². The van der Waals surface area contributed by atoms with Gasteiger partial charge in [0.2, 0.25) is 0 Å². The van der Waals surface area contributed by atoms with Crippen molar-refractivity contribution >= 4 is 35.6 Å². The smallest absolute Gasteiger partial charge is 0.313 e. The summed E-state index contributed by atoms with van der Waals surface area (Å²) in [7, 11) is 0. The number of rotatable bonds is 9. The maximum atomic E-state index is 12.5. The van der Waals surface area contributed by atoms with Crippen molar-refractivity contribution in [2.45, 2.75) is 56.5 Å². The molecule has 1 fully saturated rings. The third kappa shape index (κ3) is 7.12. The van der Waals surface area contributed by atoms with E-state index in [-0.39, 0.29) is 17.6 Å². The molecular formula is C20H26N2O7S. The zero-order valence-electron chi connectivity index (χ0n) is 16.8. The van der Waals surface area contributed by atoms with Gasteiger partial charge in [0.15, 0.2) is 0 Å². The number of carbonyl (C=O) groups is 4. The maximum absolute atomic E-state index is 12.5. The van der Waals surface area contributed by atoms with E-state index in [0.717, 1.165) is 6.92 Å². The van der Waals surface area contributed by atoms with Gasteiger partial charge in [-0.25, -0.2) is 5.48 Å². The van der Waals surface area contributed by atoms with Gasteiger partial charge in [-0.05, 0) is 25.0 Å². The summed E-state index contributed by atoms with van der Waals surface area (Å²) >= 11 is 1.46. The summed E-state index contributed by atoms with van der Waals surface area (Å²) < 4.78 is 9.96. The number of amides is 1. The average molecular weight is 439 g/mol. The Hall–Kier alpha value is -2.43. The van der Waals surface area contributed by atoms with Crippen molar-refractivity contribution in [1.82, 2.24) is 10.8 Å². The Morgan fingerprint density at radius 2 is 1.87 bits per heavy atom. The molecule has 0 aromatic heterocycles. The molecule has 0 aliphatic carbocycles. The highest BCUT2D eigenvalue weighted by Crippen LogP contribution is 2.34. The van der Waals surface area contributed by atoms with Crippen LogP contribution in [0.25, 0.3) is 0 Å². The first-order valence-corrected chi connectivity index (χ1v) is 10.6. The molecule has 0 spiro atoms. The molecule has 1 heterocycles. The van der Waals surface area contributed by atoms with E-state index < -0.39 is 36.1 Å². The van der Waals surface area contributed by atoms with Gasteiger partial charge in [0.1, 0.15) is 6.10 Å². The Bertz CT molecular complexity index is 759. The predicted molar refractivity (Wildman–Crippen MR) is 109 cm³/mol. The lowest BCUT2D eigenvalue weighted by Crippen LogP contribution is -2.51. The SMILES string of the molecule is CC(=O)OC(=O)CCC[C@@H](NO)[C@H]1SC[C@@H](NC(=O)c2ccccc2)[C@H]1OC(C)=O. The molecule has 1 aliphatic heterocycles. The molecule has 1 saturated heterocycles. The fourth-order valence-electron chi connectivity index (χ4n) is 3.26. The highest BCUT2D eigenvalue weighted by Gasteiger charge is 2.44. The average Bonchev–Trinajstić information content (AvgIpc) is 3.06. The lowest BCUT2D eigenvalue weighted by atomic mass is 9.99. The van der Waals surface area contributed by atoms with Crippen LogP contribution in [0.3, 0.4) is 0 Å². The van der Waals surface area contributed by atoms with E-state index in [1.807, 2.05) is 6.07 Å². The molecule has 30 heavy (non-hydrogen) atoms. The van der Waals surface area contributed by atoms with Crippen LogP contribution in [-0.4, -0.2) is 58.2 Å². The van der Waals surface area contributed by atoms with Crippen LogP contribution in [0.1, 0.15) is 43.5 Å². The lowest BCUT2D eigenvalue weighted by molar-refractivity contribution is -0.158. The van der Waals surface area contributed by atoms with Gasteiger partial charge >= 0.3 is 17.9 Å². The standard InChI is InChI=1S/C20H26N2O7S/c1-12(23)28-17(25)10-6-9-15(22-27)19-18(29-13(2)24)16(11-30-19)21-20(26)14-7-4-3-5-8-14/h3-5,7-8,15-16,18-19,22,27H,6,9-11H2,1-2H3,(H,21,26)/t15-,16-,18-,19-/m1/s1. The molecule has 1 aromatic rings. The molecule has 9 nitrogen and oxygen atoms in total.